The molecule has 0 N–H and O–H groups in total. The third-order valence-corrected chi connectivity index (χ3v) is 16.4. The van der Waals surface area contributed by atoms with Crippen LogP contribution in [0, 0.1) is 0 Å². The van der Waals surface area contributed by atoms with Crippen molar-refractivity contribution in [3.05, 3.63) is 85.1 Å². The number of likely N-dealkylation sites (N-methyl/N-ethyl adjacent to an activating group) is 1. The zero-order valence-corrected chi connectivity index (χ0v) is 56.5. The lowest BCUT2D eigenvalue weighted by atomic mass is 10.0. The van der Waals surface area contributed by atoms with Gasteiger partial charge in [-0.2, -0.15) is 0 Å². The van der Waals surface area contributed by atoms with Crippen LogP contribution in [0.2, 0.25) is 0 Å². The molecule has 0 aliphatic heterocycles. The van der Waals surface area contributed by atoms with E-state index in [1.165, 1.54) is 205 Å². The number of carbonyl (C=O) groups is 2. The van der Waals surface area contributed by atoms with Crippen LogP contribution >= 0.6 is 7.82 Å². The summed E-state index contributed by atoms with van der Waals surface area (Å²) in [5.41, 5.74) is 0. The van der Waals surface area contributed by atoms with E-state index in [9.17, 15) is 19.0 Å². The van der Waals surface area contributed by atoms with Gasteiger partial charge in [0.2, 0.25) is 0 Å². The molecule has 2 unspecified atom stereocenters. The highest BCUT2D eigenvalue weighted by Gasteiger charge is 2.22. The highest BCUT2D eigenvalue weighted by molar-refractivity contribution is 7.45. The Labute approximate surface area is 520 Å². The Morgan fingerprint density at radius 1 is 0.381 bits per heavy atom. The Morgan fingerprint density at radius 3 is 1.01 bits per heavy atom. The van der Waals surface area contributed by atoms with Crippen molar-refractivity contribution in [3.8, 4) is 0 Å². The van der Waals surface area contributed by atoms with Crippen LogP contribution in [-0.4, -0.2) is 70.0 Å². The molecule has 0 spiro atoms. The van der Waals surface area contributed by atoms with Gasteiger partial charge in [-0.15, -0.1) is 0 Å². The van der Waals surface area contributed by atoms with E-state index in [0.29, 0.717) is 17.4 Å². The lowest BCUT2D eigenvalue weighted by Gasteiger charge is -2.28. The lowest BCUT2D eigenvalue weighted by Crippen LogP contribution is -2.37. The predicted octanol–water partition coefficient (Wildman–Crippen LogP) is 22.3. The molecule has 0 aromatic rings. The topological polar surface area (TPSA) is 111 Å². The van der Waals surface area contributed by atoms with Gasteiger partial charge < -0.3 is 27.9 Å². The van der Waals surface area contributed by atoms with Crippen LogP contribution in [0.15, 0.2) is 85.1 Å². The normalized spacial score (nSPS) is 13.6. The van der Waals surface area contributed by atoms with E-state index < -0.39 is 26.5 Å². The first kappa shape index (κ1) is 81.2. The fourth-order valence-electron chi connectivity index (χ4n) is 10.1. The van der Waals surface area contributed by atoms with Crippen molar-refractivity contribution in [2.24, 2.45) is 0 Å². The smallest absolute Gasteiger partial charge is 0.306 e. The molecule has 0 saturated carbocycles. The summed E-state index contributed by atoms with van der Waals surface area (Å²) in [5, 5.41) is 0. The summed E-state index contributed by atoms with van der Waals surface area (Å²) < 4.78 is 34.2. The summed E-state index contributed by atoms with van der Waals surface area (Å²) in [7, 11) is 1.14. The second kappa shape index (κ2) is 64.7. The van der Waals surface area contributed by atoms with Crippen molar-refractivity contribution in [1.29, 1.82) is 0 Å². The SMILES string of the molecule is CC/C=C\C/C=C\C/C=C\C/C=C\C/C=C\C/C=C\C/C=C\CCCCCC(=O)OC(COC(=O)CCCCCCCCCCCCCCCCCCCCCCCCCCCCCCCCCCCCC)COP(=O)([O-])OCC[N+](C)(C)C. The Bertz CT molecular complexity index is 1690. The summed E-state index contributed by atoms with van der Waals surface area (Å²) in [5.74, 6) is -0.864. The minimum atomic E-state index is -4.66. The first-order valence-corrected chi connectivity index (χ1v) is 36.8. The first-order chi connectivity index (χ1) is 41.0. The fraction of sp³-hybridized carbons (Fsp3) is 0.784. The summed E-state index contributed by atoms with van der Waals surface area (Å²) in [4.78, 5) is 38.0. The van der Waals surface area contributed by atoms with Gasteiger partial charge in [-0.3, -0.25) is 14.2 Å². The molecule has 0 aromatic heterocycles. The number of carbonyl (C=O) groups excluding carboxylic acids is 2. The predicted molar refractivity (Wildman–Crippen MR) is 360 cm³/mol. The number of rotatable bonds is 65. The van der Waals surface area contributed by atoms with Crippen LogP contribution in [0.25, 0.3) is 0 Å². The highest BCUT2D eigenvalue weighted by Crippen LogP contribution is 2.38. The molecule has 0 amide bonds. The number of allylic oxidation sites excluding steroid dienone is 14. The van der Waals surface area contributed by atoms with Gasteiger partial charge in [0.15, 0.2) is 6.10 Å². The number of hydrogen-bond acceptors (Lipinski definition) is 8. The van der Waals surface area contributed by atoms with Gasteiger partial charge in [-0.1, -0.05) is 324 Å². The molecule has 10 heteroatoms. The van der Waals surface area contributed by atoms with Gasteiger partial charge in [-0.25, -0.2) is 0 Å². The van der Waals surface area contributed by atoms with E-state index in [2.05, 4.69) is 98.9 Å². The maximum absolute atomic E-state index is 12.8. The van der Waals surface area contributed by atoms with Crippen LogP contribution in [0.5, 0.6) is 0 Å². The number of ether oxygens (including phenoxy) is 2. The number of quaternary nitrogens is 1. The third-order valence-electron chi connectivity index (χ3n) is 15.4. The Balaban J connectivity index is 4.03. The molecule has 0 heterocycles. The van der Waals surface area contributed by atoms with Crippen molar-refractivity contribution in [2.45, 2.75) is 328 Å². The third kappa shape index (κ3) is 68.3. The second-order valence-electron chi connectivity index (χ2n) is 24.9. The van der Waals surface area contributed by atoms with Crippen LogP contribution in [0.1, 0.15) is 322 Å². The monoisotopic (exact) mass is 1200 g/mol. The Hall–Kier alpha value is -2.81. The number of hydrogen-bond donors (Lipinski definition) is 0. The van der Waals surface area contributed by atoms with Gasteiger partial charge in [-0.05, 0) is 70.6 Å². The van der Waals surface area contributed by atoms with E-state index >= 15 is 0 Å². The van der Waals surface area contributed by atoms with Crippen LogP contribution in [-0.2, 0) is 32.7 Å². The molecule has 0 saturated heterocycles. The van der Waals surface area contributed by atoms with Crippen LogP contribution < -0.4 is 4.89 Å². The molecule has 0 aliphatic carbocycles. The quantitative estimate of drug-likeness (QED) is 0.0195. The van der Waals surface area contributed by atoms with Crippen LogP contribution in [0.3, 0.4) is 0 Å². The molecule has 84 heavy (non-hydrogen) atoms. The van der Waals surface area contributed by atoms with Crippen molar-refractivity contribution in [2.75, 3.05) is 47.5 Å². The maximum atomic E-state index is 12.8. The average Bonchev–Trinajstić information content (AvgIpc) is 3.60. The zero-order chi connectivity index (χ0) is 61.2. The Morgan fingerprint density at radius 2 is 0.679 bits per heavy atom. The second-order valence-corrected chi connectivity index (χ2v) is 26.3. The number of nitrogens with zero attached hydrogens (tertiary/aromatic N) is 1. The van der Waals surface area contributed by atoms with E-state index in [4.69, 9.17) is 18.5 Å². The van der Waals surface area contributed by atoms with Gasteiger partial charge in [0.1, 0.15) is 19.8 Å². The molecular weight excluding hydrogens is 1060 g/mol. The molecule has 0 fully saturated rings. The number of esters is 2. The van der Waals surface area contributed by atoms with Crippen molar-refractivity contribution in [1.82, 2.24) is 0 Å². The van der Waals surface area contributed by atoms with Crippen molar-refractivity contribution >= 4 is 19.8 Å². The molecule has 0 aromatic carbocycles. The van der Waals surface area contributed by atoms with Crippen LogP contribution in [0.4, 0.5) is 0 Å². The van der Waals surface area contributed by atoms with E-state index in [1.54, 1.807) is 0 Å². The maximum Gasteiger partial charge on any atom is 0.306 e. The molecule has 9 nitrogen and oxygen atoms in total. The zero-order valence-electron chi connectivity index (χ0n) is 55.6. The van der Waals surface area contributed by atoms with E-state index in [-0.39, 0.29) is 32.0 Å². The molecule has 0 aliphatic rings. The summed E-state index contributed by atoms with van der Waals surface area (Å²) >= 11 is 0. The van der Waals surface area contributed by atoms with Gasteiger partial charge in [0.25, 0.3) is 7.82 Å². The lowest BCUT2D eigenvalue weighted by molar-refractivity contribution is -0.870. The molecule has 0 radical (unpaired) electrons. The minimum Gasteiger partial charge on any atom is -0.756 e. The number of unbranched alkanes of at least 4 members (excludes halogenated alkanes) is 37. The number of phosphoric acid groups is 1. The largest absolute Gasteiger partial charge is 0.756 e. The summed E-state index contributed by atoms with van der Waals surface area (Å²) in [6, 6.07) is 0. The van der Waals surface area contributed by atoms with Gasteiger partial charge in [0, 0.05) is 12.8 Å². The molecule has 0 rings (SSSR count). The van der Waals surface area contributed by atoms with Crippen molar-refractivity contribution < 1.29 is 42.1 Å². The standard InChI is InChI=1S/C74H134NO8P/c1-6-8-10-12-14-16-18-20-22-24-26-28-30-32-33-34-35-36-37-38-39-40-41-43-44-46-48-50-52-54-56-58-60-62-64-66-73(76)80-70-72(71-82-84(78,79)81-69-68-75(3,4)5)83-74(77)67-65-63-61-59-57-55-53-51-49-47-45-42-31-29-27-25-23-21-19-17-15-13-11-9-7-2/h9,11,15,17,21,23,27,29,42,45,49,51,55,57,72H,6-8,10,12-14,16,18-20,22,24-26,28,30-41,43-44,46-48,50,52-54,56,58-71H2,1-5H3/b11-9-,17-15-,23-21-,29-27-,45-42-,51-49-,57-55-. The van der Waals surface area contributed by atoms with E-state index in [0.717, 1.165) is 83.5 Å². The number of phosphoric ester groups is 1. The summed E-state index contributed by atoms with van der Waals surface area (Å²) in [6.45, 7) is 4.12. The summed E-state index contributed by atoms with van der Waals surface area (Å²) in [6.07, 6.45) is 88.3. The highest BCUT2D eigenvalue weighted by atomic mass is 31.2. The van der Waals surface area contributed by atoms with Gasteiger partial charge >= 0.3 is 11.9 Å². The fourth-order valence-corrected chi connectivity index (χ4v) is 10.8. The molecule has 2 atom stereocenters. The van der Waals surface area contributed by atoms with E-state index in [1.807, 2.05) is 21.1 Å². The molecule has 0 bridgehead atoms. The van der Waals surface area contributed by atoms with Gasteiger partial charge in [0.05, 0.1) is 27.7 Å². The first-order valence-electron chi connectivity index (χ1n) is 35.3. The molecular formula is C74H134NO8P. The average molecular weight is 1200 g/mol. The molecule has 488 valence electrons. The minimum absolute atomic E-state index is 0.0405. The van der Waals surface area contributed by atoms with Crippen molar-refractivity contribution in [3.63, 3.8) is 0 Å². The Kier molecular flexibility index (Phi) is 62.5.